The van der Waals surface area contributed by atoms with E-state index in [1.54, 1.807) is 6.07 Å². The first-order valence-electron chi connectivity index (χ1n) is 4.91. The van der Waals surface area contributed by atoms with Gasteiger partial charge < -0.3 is 5.43 Å². The molecule has 1 heterocycles. The Hall–Kier alpha value is -1.75. The zero-order valence-corrected chi connectivity index (χ0v) is 8.72. The average molecular weight is 223 g/mol. The molecule has 0 saturated heterocycles. The number of pyridine rings is 1. The molecule has 0 atom stereocenters. The van der Waals surface area contributed by atoms with E-state index in [-0.39, 0.29) is 5.52 Å². The number of benzene rings is 1. The van der Waals surface area contributed by atoms with Crippen LogP contribution in [-0.2, 0) is 6.42 Å². The van der Waals surface area contributed by atoms with Gasteiger partial charge >= 0.3 is 0 Å². The SMILES string of the molecule is CCc1cc(NN)c2ccc(F)c(F)c2n1. The average Bonchev–Trinajstić information content (AvgIpc) is 2.32. The number of anilines is 1. The lowest BCUT2D eigenvalue weighted by atomic mass is 10.1. The highest BCUT2D eigenvalue weighted by Crippen LogP contribution is 2.26. The molecule has 5 heteroatoms. The second kappa shape index (κ2) is 4.02. The van der Waals surface area contributed by atoms with Gasteiger partial charge in [-0.05, 0) is 24.6 Å². The van der Waals surface area contributed by atoms with Gasteiger partial charge in [-0.2, -0.15) is 0 Å². The molecule has 3 nitrogen and oxygen atoms in total. The fourth-order valence-electron chi connectivity index (χ4n) is 1.59. The van der Waals surface area contributed by atoms with Crippen LogP contribution in [0.1, 0.15) is 12.6 Å². The second-order valence-electron chi connectivity index (χ2n) is 3.42. The standard InChI is InChI=1S/C11H11F2N3/c1-2-6-5-9(16-14)7-3-4-8(12)10(13)11(7)15-6/h3-5H,2,14H2,1H3,(H,15,16). The van der Waals surface area contributed by atoms with E-state index in [9.17, 15) is 8.78 Å². The van der Waals surface area contributed by atoms with Crippen LogP contribution in [0.5, 0.6) is 0 Å². The third-order valence-corrected chi connectivity index (χ3v) is 2.44. The second-order valence-corrected chi connectivity index (χ2v) is 3.42. The van der Waals surface area contributed by atoms with Crippen LogP contribution in [0.15, 0.2) is 18.2 Å². The van der Waals surface area contributed by atoms with Crippen molar-refractivity contribution in [3.8, 4) is 0 Å². The fourth-order valence-corrected chi connectivity index (χ4v) is 1.59. The molecule has 0 aliphatic heterocycles. The minimum absolute atomic E-state index is 0.00676. The summed E-state index contributed by atoms with van der Waals surface area (Å²) in [5.74, 6) is 3.49. The number of rotatable bonds is 2. The molecule has 0 unspecified atom stereocenters. The van der Waals surface area contributed by atoms with Gasteiger partial charge in [-0.25, -0.2) is 13.8 Å². The maximum Gasteiger partial charge on any atom is 0.185 e. The van der Waals surface area contributed by atoms with E-state index in [0.717, 1.165) is 6.07 Å². The highest BCUT2D eigenvalue weighted by molar-refractivity contribution is 5.91. The lowest BCUT2D eigenvalue weighted by Gasteiger charge is -2.08. The molecule has 0 saturated carbocycles. The summed E-state index contributed by atoms with van der Waals surface area (Å²) in [6, 6.07) is 4.24. The summed E-state index contributed by atoms with van der Waals surface area (Å²) in [5, 5.41) is 0.471. The first kappa shape index (κ1) is 10.8. The van der Waals surface area contributed by atoms with Crippen LogP contribution in [0.4, 0.5) is 14.5 Å². The summed E-state index contributed by atoms with van der Waals surface area (Å²) in [4.78, 5) is 4.05. The van der Waals surface area contributed by atoms with Crippen molar-refractivity contribution >= 4 is 16.6 Å². The molecule has 3 N–H and O–H groups in total. The molecule has 16 heavy (non-hydrogen) atoms. The smallest absolute Gasteiger partial charge is 0.185 e. The van der Waals surface area contributed by atoms with E-state index in [2.05, 4.69) is 10.4 Å². The van der Waals surface area contributed by atoms with Crippen molar-refractivity contribution in [2.24, 2.45) is 5.84 Å². The Labute approximate surface area is 91.3 Å². The van der Waals surface area contributed by atoms with Gasteiger partial charge in [-0.1, -0.05) is 6.92 Å². The molecule has 2 aromatic rings. The van der Waals surface area contributed by atoms with E-state index < -0.39 is 11.6 Å². The predicted octanol–water partition coefficient (Wildman–Crippen LogP) is 2.36. The predicted molar refractivity (Wildman–Crippen MR) is 58.8 cm³/mol. The summed E-state index contributed by atoms with van der Waals surface area (Å²) in [5.41, 5.74) is 3.67. The summed E-state index contributed by atoms with van der Waals surface area (Å²) in [6.07, 6.45) is 0.626. The Morgan fingerprint density at radius 2 is 2.12 bits per heavy atom. The quantitative estimate of drug-likeness (QED) is 0.607. The van der Waals surface area contributed by atoms with Crippen molar-refractivity contribution < 1.29 is 8.78 Å². The first-order valence-corrected chi connectivity index (χ1v) is 4.91. The number of hydrogen-bond donors (Lipinski definition) is 2. The topological polar surface area (TPSA) is 50.9 Å². The Morgan fingerprint density at radius 1 is 1.38 bits per heavy atom. The number of nitrogens with zero attached hydrogens (tertiary/aromatic N) is 1. The van der Waals surface area contributed by atoms with Gasteiger partial charge in [0.2, 0.25) is 0 Å². The molecule has 0 radical (unpaired) electrons. The molecule has 84 valence electrons. The number of hydrazine groups is 1. The van der Waals surface area contributed by atoms with Crippen LogP contribution in [0, 0.1) is 11.6 Å². The molecule has 0 spiro atoms. The normalized spacial score (nSPS) is 10.8. The first-order chi connectivity index (χ1) is 7.67. The Bertz CT molecular complexity index is 540. The third kappa shape index (κ3) is 1.59. The Balaban J connectivity index is 2.84. The van der Waals surface area contributed by atoms with Crippen LogP contribution >= 0.6 is 0 Å². The third-order valence-electron chi connectivity index (χ3n) is 2.44. The van der Waals surface area contributed by atoms with Crippen molar-refractivity contribution in [2.45, 2.75) is 13.3 Å². The molecule has 0 aliphatic rings. The number of nitrogens with two attached hydrogens (primary N) is 1. The zero-order chi connectivity index (χ0) is 11.7. The molecule has 2 rings (SSSR count). The minimum Gasteiger partial charge on any atom is -0.323 e. The summed E-state index contributed by atoms with van der Waals surface area (Å²) in [7, 11) is 0. The van der Waals surface area contributed by atoms with Crippen LogP contribution in [-0.4, -0.2) is 4.98 Å². The highest BCUT2D eigenvalue weighted by Gasteiger charge is 2.12. The largest absolute Gasteiger partial charge is 0.323 e. The van der Waals surface area contributed by atoms with Gasteiger partial charge in [-0.15, -0.1) is 0 Å². The number of halogens is 2. The van der Waals surface area contributed by atoms with Crippen LogP contribution in [0.2, 0.25) is 0 Å². The molecular weight excluding hydrogens is 212 g/mol. The number of aromatic nitrogens is 1. The maximum atomic E-state index is 13.5. The van der Waals surface area contributed by atoms with Crippen LogP contribution in [0.3, 0.4) is 0 Å². The van der Waals surface area contributed by atoms with Crippen LogP contribution in [0.25, 0.3) is 10.9 Å². The van der Waals surface area contributed by atoms with Crippen molar-refractivity contribution in [1.29, 1.82) is 0 Å². The van der Waals surface area contributed by atoms with E-state index in [1.807, 2.05) is 6.92 Å². The van der Waals surface area contributed by atoms with E-state index in [0.29, 0.717) is 23.2 Å². The zero-order valence-electron chi connectivity index (χ0n) is 8.72. The van der Waals surface area contributed by atoms with Gasteiger partial charge in [-0.3, -0.25) is 5.84 Å². The van der Waals surface area contributed by atoms with Crippen LogP contribution < -0.4 is 11.3 Å². The van der Waals surface area contributed by atoms with Gasteiger partial charge in [0.25, 0.3) is 0 Å². The maximum absolute atomic E-state index is 13.5. The number of nitrogen functional groups attached to an aromatic ring is 1. The van der Waals surface area contributed by atoms with Gasteiger partial charge in [0.05, 0.1) is 5.69 Å². The van der Waals surface area contributed by atoms with Crippen molar-refractivity contribution in [3.05, 3.63) is 35.5 Å². The molecular formula is C11H11F2N3. The van der Waals surface area contributed by atoms with E-state index in [4.69, 9.17) is 5.84 Å². The monoisotopic (exact) mass is 223 g/mol. The van der Waals surface area contributed by atoms with E-state index in [1.165, 1.54) is 6.07 Å². The van der Waals surface area contributed by atoms with Crippen molar-refractivity contribution in [3.63, 3.8) is 0 Å². The lowest BCUT2D eigenvalue weighted by molar-refractivity contribution is 0.515. The molecule has 0 amide bonds. The molecule has 1 aromatic heterocycles. The van der Waals surface area contributed by atoms with Gasteiger partial charge in [0, 0.05) is 11.1 Å². The van der Waals surface area contributed by atoms with Gasteiger partial charge in [0.15, 0.2) is 11.6 Å². The fraction of sp³-hybridized carbons (Fsp3) is 0.182. The number of hydrogen-bond acceptors (Lipinski definition) is 3. The van der Waals surface area contributed by atoms with Gasteiger partial charge in [0.1, 0.15) is 5.52 Å². The summed E-state index contributed by atoms with van der Waals surface area (Å²) < 4.78 is 26.6. The van der Waals surface area contributed by atoms with Crippen molar-refractivity contribution in [1.82, 2.24) is 4.98 Å². The number of aryl methyl sites for hydroxylation is 1. The Kier molecular flexibility index (Phi) is 2.70. The lowest BCUT2D eigenvalue weighted by Crippen LogP contribution is -2.09. The number of fused-ring (bicyclic) bond motifs is 1. The van der Waals surface area contributed by atoms with E-state index >= 15 is 0 Å². The molecule has 0 aliphatic carbocycles. The molecule has 1 aromatic carbocycles. The van der Waals surface area contributed by atoms with Crippen molar-refractivity contribution in [2.75, 3.05) is 5.43 Å². The Morgan fingerprint density at radius 3 is 2.75 bits per heavy atom. The highest BCUT2D eigenvalue weighted by atomic mass is 19.2. The summed E-state index contributed by atoms with van der Waals surface area (Å²) in [6.45, 7) is 1.88. The minimum atomic E-state index is -0.940. The summed E-state index contributed by atoms with van der Waals surface area (Å²) >= 11 is 0. The molecule has 0 fully saturated rings. The molecule has 0 bridgehead atoms. The number of nitrogens with one attached hydrogen (secondary N) is 1.